The minimum atomic E-state index is -3.10. The van der Waals surface area contributed by atoms with Crippen LogP contribution in [-0.2, 0) is 31.3 Å². The molecule has 252 valence electrons. The number of carbonyl (C=O) groups is 3. The van der Waals surface area contributed by atoms with Crippen molar-refractivity contribution in [3.8, 4) is 0 Å². The summed E-state index contributed by atoms with van der Waals surface area (Å²) in [7, 11) is -3.10. The normalized spacial score (nSPS) is 25.1. The van der Waals surface area contributed by atoms with Gasteiger partial charge in [0.05, 0.1) is 42.3 Å². The van der Waals surface area contributed by atoms with Gasteiger partial charge >= 0.3 is 0 Å². The number of carbonyl (C=O) groups excluding carboxylic acids is 3. The zero-order chi connectivity index (χ0) is 34.4. The number of likely N-dealkylation sites (tertiary alicyclic amines) is 1. The number of nitro benzene ring substituents is 1. The molecule has 2 saturated heterocycles. The number of para-hydroxylation sites is 1. The molecule has 3 heterocycles. The number of amides is 3. The number of non-ortho nitro benzene ring substituents is 1. The van der Waals surface area contributed by atoms with Crippen molar-refractivity contribution in [2.45, 2.75) is 69.1 Å². The van der Waals surface area contributed by atoms with Crippen LogP contribution in [0.1, 0.15) is 37.3 Å². The third-order valence-electron chi connectivity index (χ3n) is 10.1. The first-order chi connectivity index (χ1) is 22.9. The Hall–Kier alpha value is -4.43. The van der Waals surface area contributed by atoms with E-state index in [9.17, 15) is 34.4 Å². The van der Waals surface area contributed by atoms with E-state index in [4.69, 9.17) is 4.74 Å². The van der Waals surface area contributed by atoms with Crippen molar-refractivity contribution in [2.75, 3.05) is 23.0 Å². The first kappa shape index (κ1) is 33.5. The van der Waals surface area contributed by atoms with Crippen molar-refractivity contribution in [3.63, 3.8) is 0 Å². The number of aliphatic hydroxyl groups is 1. The van der Waals surface area contributed by atoms with E-state index < -0.39 is 42.3 Å². The quantitative estimate of drug-likeness (QED) is 0.137. The Labute approximate surface area is 279 Å². The van der Waals surface area contributed by atoms with E-state index in [-0.39, 0.29) is 37.2 Å². The Morgan fingerprint density at radius 2 is 1.85 bits per heavy atom. The number of nitrogens with zero attached hydrogens (tertiary/aromatic N) is 4. The van der Waals surface area contributed by atoms with Gasteiger partial charge in [0.15, 0.2) is 13.9 Å². The van der Waals surface area contributed by atoms with Crippen LogP contribution in [0.2, 0.25) is 18.6 Å². The Kier molecular flexibility index (Phi) is 8.98. The van der Waals surface area contributed by atoms with Gasteiger partial charge in [-0.3, -0.25) is 29.4 Å². The van der Waals surface area contributed by atoms with Gasteiger partial charge in [-0.2, -0.15) is 0 Å². The van der Waals surface area contributed by atoms with Crippen LogP contribution in [0.3, 0.4) is 0 Å². The number of hydrogen-bond acceptors (Lipinski definition) is 8. The highest BCUT2D eigenvalue weighted by Gasteiger charge is 2.66. The fourth-order valence-corrected chi connectivity index (χ4v) is 10.6. The molecule has 3 aliphatic rings. The summed E-state index contributed by atoms with van der Waals surface area (Å²) in [5.41, 5.74) is 0.319. The van der Waals surface area contributed by atoms with E-state index >= 15 is 0 Å². The molecule has 3 amide bonds. The van der Waals surface area contributed by atoms with Crippen molar-refractivity contribution < 1.29 is 33.9 Å². The maximum absolute atomic E-state index is 14.8. The van der Waals surface area contributed by atoms with Crippen molar-refractivity contribution >= 4 is 49.3 Å². The van der Waals surface area contributed by atoms with Gasteiger partial charge in [0, 0.05) is 47.1 Å². The van der Waals surface area contributed by atoms with Crippen LogP contribution in [-0.4, -0.2) is 71.6 Å². The number of ether oxygens (including phenoxy) is 1. The average molecular weight is 673 g/mol. The molecule has 13 heteroatoms. The number of rotatable bonds is 10. The van der Waals surface area contributed by atoms with Crippen LogP contribution in [0.25, 0.3) is 0 Å². The van der Waals surface area contributed by atoms with Crippen molar-refractivity contribution in [1.29, 1.82) is 0 Å². The summed E-state index contributed by atoms with van der Waals surface area (Å²) < 4.78 is 6.74. The molecular formula is C35H40N4O8Si. The van der Waals surface area contributed by atoms with Crippen molar-refractivity contribution in [2.24, 2.45) is 5.92 Å². The van der Waals surface area contributed by atoms with Gasteiger partial charge in [-0.05, 0) is 61.8 Å². The first-order valence-electron chi connectivity index (χ1n) is 16.2. The molecule has 1 spiro atoms. The molecule has 3 aliphatic heterocycles. The summed E-state index contributed by atoms with van der Waals surface area (Å²) in [5, 5.41) is 21.8. The van der Waals surface area contributed by atoms with Gasteiger partial charge < -0.3 is 24.4 Å². The van der Waals surface area contributed by atoms with Crippen LogP contribution < -0.4 is 9.80 Å². The summed E-state index contributed by atoms with van der Waals surface area (Å²) in [6, 6.07) is 20.4. The topological polar surface area (TPSA) is 154 Å². The van der Waals surface area contributed by atoms with Gasteiger partial charge in [0.25, 0.3) is 11.6 Å². The SMILES string of the molecule is C[C@@H]1[C@@H]([Si](C)(C)O)[C@H](CC(=O)N2CCC[C@H]2CO)O[C@@]12C(=O)N(Cc1cccc(N(C=O)c3ccccc3)c1)c1ccc([N+](=O)[O-])cc12. The summed E-state index contributed by atoms with van der Waals surface area (Å²) >= 11 is 0. The molecule has 0 saturated carbocycles. The highest BCUT2D eigenvalue weighted by molar-refractivity contribution is 6.71. The molecule has 0 unspecified atom stereocenters. The number of nitro groups is 1. The molecular weight excluding hydrogens is 632 g/mol. The lowest BCUT2D eigenvalue weighted by molar-refractivity contribution is -0.385. The van der Waals surface area contributed by atoms with Crippen molar-refractivity contribution in [3.05, 3.63) is 94.0 Å². The molecule has 12 nitrogen and oxygen atoms in total. The molecule has 2 N–H and O–H groups in total. The third kappa shape index (κ3) is 5.70. The molecule has 0 aromatic heterocycles. The number of aliphatic hydroxyl groups excluding tert-OH is 1. The molecule has 3 aromatic rings. The van der Waals surface area contributed by atoms with Crippen LogP contribution in [0.5, 0.6) is 0 Å². The summed E-state index contributed by atoms with van der Waals surface area (Å²) in [6.07, 6.45) is 1.27. The van der Waals surface area contributed by atoms with Crippen LogP contribution in [0, 0.1) is 16.0 Å². The summed E-state index contributed by atoms with van der Waals surface area (Å²) in [5.74, 6) is -1.28. The van der Waals surface area contributed by atoms with Gasteiger partial charge in [0.2, 0.25) is 12.3 Å². The highest BCUT2D eigenvalue weighted by atomic mass is 28.4. The lowest BCUT2D eigenvalue weighted by Gasteiger charge is -2.32. The monoisotopic (exact) mass is 672 g/mol. The van der Waals surface area contributed by atoms with E-state index in [1.54, 1.807) is 36.2 Å². The van der Waals surface area contributed by atoms with Gasteiger partial charge in [-0.1, -0.05) is 37.3 Å². The Morgan fingerprint density at radius 1 is 1.12 bits per heavy atom. The van der Waals surface area contributed by atoms with E-state index in [2.05, 4.69) is 0 Å². The molecule has 6 rings (SSSR count). The lowest BCUT2D eigenvalue weighted by atomic mass is 9.82. The minimum Gasteiger partial charge on any atom is -0.432 e. The van der Waals surface area contributed by atoms with Crippen LogP contribution in [0.4, 0.5) is 22.7 Å². The number of fused-ring (bicyclic) bond motifs is 2. The van der Waals surface area contributed by atoms with Gasteiger partial charge in [-0.15, -0.1) is 0 Å². The maximum Gasteiger partial charge on any atom is 0.269 e. The number of anilines is 3. The van der Waals surface area contributed by atoms with E-state index in [1.165, 1.54) is 21.9 Å². The highest BCUT2D eigenvalue weighted by Crippen LogP contribution is 2.60. The van der Waals surface area contributed by atoms with Crippen LogP contribution in [0.15, 0.2) is 72.8 Å². The van der Waals surface area contributed by atoms with E-state index in [0.29, 0.717) is 41.2 Å². The molecule has 2 fully saturated rings. The maximum atomic E-state index is 14.8. The first-order valence-corrected chi connectivity index (χ1v) is 19.2. The second-order valence-corrected chi connectivity index (χ2v) is 17.4. The molecule has 5 atom stereocenters. The molecule has 0 radical (unpaired) electrons. The summed E-state index contributed by atoms with van der Waals surface area (Å²) in [6.45, 7) is 5.76. The van der Waals surface area contributed by atoms with Crippen LogP contribution >= 0.6 is 0 Å². The molecule has 0 aliphatic carbocycles. The third-order valence-corrected chi connectivity index (χ3v) is 12.6. The molecule has 3 aromatic carbocycles. The fourth-order valence-electron chi connectivity index (χ4n) is 8.03. The van der Waals surface area contributed by atoms with Crippen molar-refractivity contribution in [1.82, 2.24) is 4.90 Å². The smallest absolute Gasteiger partial charge is 0.269 e. The zero-order valence-corrected chi connectivity index (χ0v) is 28.2. The predicted molar refractivity (Wildman–Crippen MR) is 181 cm³/mol. The fraction of sp³-hybridized carbons (Fsp3) is 0.400. The Balaban J connectivity index is 1.39. The zero-order valence-electron chi connectivity index (χ0n) is 27.2. The second-order valence-electron chi connectivity index (χ2n) is 13.5. The molecule has 48 heavy (non-hydrogen) atoms. The Morgan fingerprint density at radius 3 is 2.52 bits per heavy atom. The Bertz CT molecular complexity index is 1730. The number of benzene rings is 3. The van der Waals surface area contributed by atoms with Gasteiger partial charge in [0.1, 0.15) is 0 Å². The second kappa shape index (κ2) is 12.9. The molecule has 0 bridgehead atoms. The number of hydrogen-bond donors (Lipinski definition) is 2. The lowest BCUT2D eigenvalue weighted by Crippen LogP contribution is -2.46. The van der Waals surface area contributed by atoms with E-state index in [1.807, 2.05) is 49.4 Å². The summed E-state index contributed by atoms with van der Waals surface area (Å²) in [4.78, 5) is 68.3. The minimum absolute atomic E-state index is 0.0803. The standard InChI is InChI=1S/C35H40N4O8Si/c1-23-33(48(2,3)46)31(19-32(42)36-16-8-13-28(36)21-40)47-35(23)29-18-27(39(44)45)14-15-30(29)37(34(35)43)20-24-9-7-12-26(17-24)38(22-41)25-10-5-4-6-11-25/h4-7,9-12,14-15,17-18,22-23,28,31,33,40,46H,8,13,16,19-21H2,1-3H3/t23-,28+,31+,33-,35+/m1/s1. The van der Waals surface area contributed by atoms with E-state index in [0.717, 1.165) is 12.8 Å². The average Bonchev–Trinajstić information content (AvgIpc) is 3.72. The van der Waals surface area contributed by atoms with Gasteiger partial charge in [-0.25, -0.2) is 0 Å². The largest absolute Gasteiger partial charge is 0.432 e. The predicted octanol–water partition coefficient (Wildman–Crippen LogP) is 4.61.